The summed E-state index contributed by atoms with van der Waals surface area (Å²) in [6.07, 6.45) is 0. The van der Waals surface area contributed by atoms with Gasteiger partial charge in [-0.05, 0) is 12.5 Å². The summed E-state index contributed by atoms with van der Waals surface area (Å²) in [5, 5.41) is 6.99. The molecule has 0 saturated carbocycles. The zero-order valence-corrected chi connectivity index (χ0v) is 7.96. The molecule has 1 aliphatic rings. The van der Waals surface area contributed by atoms with E-state index in [0.717, 1.165) is 13.1 Å². The summed E-state index contributed by atoms with van der Waals surface area (Å²) in [6, 6.07) is 11.6. The fourth-order valence-electron chi connectivity index (χ4n) is 1.89. The van der Waals surface area contributed by atoms with Gasteiger partial charge in [0.15, 0.2) is 0 Å². The van der Waals surface area contributed by atoms with Gasteiger partial charge >= 0.3 is 0 Å². The van der Waals surface area contributed by atoms with Crippen LogP contribution in [0.1, 0.15) is 18.5 Å². The minimum Gasteiger partial charge on any atom is -0.311 e. The molecular weight excluding hydrogens is 160 g/mol. The first-order chi connectivity index (χ1) is 6.38. The molecule has 0 bridgehead atoms. The summed E-state index contributed by atoms with van der Waals surface area (Å²) in [5.41, 5.74) is 1.38. The third-order valence-corrected chi connectivity index (χ3v) is 2.61. The Balaban J connectivity index is 2.15. The molecular formula is C11H16N2. The lowest BCUT2D eigenvalue weighted by Crippen LogP contribution is -2.48. The van der Waals surface area contributed by atoms with Crippen molar-refractivity contribution in [1.82, 2.24) is 10.6 Å². The smallest absolute Gasteiger partial charge is 0.0473 e. The lowest BCUT2D eigenvalue weighted by Gasteiger charge is -2.31. The zero-order valence-electron chi connectivity index (χ0n) is 7.96. The van der Waals surface area contributed by atoms with E-state index in [0.29, 0.717) is 12.1 Å². The van der Waals surface area contributed by atoms with E-state index >= 15 is 0 Å². The molecule has 1 aromatic carbocycles. The van der Waals surface area contributed by atoms with Gasteiger partial charge in [0.1, 0.15) is 0 Å². The van der Waals surface area contributed by atoms with Gasteiger partial charge in [0, 0.05) is 25.2 Å². The van der Waals surface area contributed by atoms with E-state index in [1.54, 1.807) is 0 Å². The van der Waals surface area contributed by atoms with Gasteiger partial charge in [-0.2, -0.15) is 0 Å². The molecule has 1 saturated heterocycles. The van der Waals surface area contributed by atoms with Gasteiger partial charge in [0.05, 0.1) is 0 Å². The molecule has 1 aliphatic heterocycles. The van der Waals surface area contributed by atoms with Gasteiger partial charge in [0.25, 0.3) is 0 Å². The van der Waals surface area contributed by atoms with Crippen LogP contribution in [0, 0.1) is 0 Å². The normalized spacial score (nSPS) is 28.7. The summed E-state index contributed by atoms with van der Waals surface area (Å²) < 4.78 is 0. The van der Waals surface area contributed by atoms with Crippen molar-refractivity contribution in [3.05, 3.63) is 35.9 Å². The first kappa shape index (κ1) is 8.73. The Labute approximate surface area is 79.4 Å². The van der Waals surface area contributed by atoms with Crippen molar-refractivity contribution in [2.45, 2.75) is 19.0 Å². The fourth-order valence-corrected chi connectivity index (χ4v) is 1.89. The molecule has 70 valence electrons. The van der Waals surface area contributed by atoms with Gasteiger partial charge in [-0.3, -0.25) is 0 Å². The predicted octanol–water partition coefficient (Wildman–Crippen LogP) is 1.31. The zero-order chi connectivity index (χ0) is 9.10. The second-order valence-corrected chi connectivity index (χ2v) is 3.59. The molecule has 2 heteroatoms. The molecule has 1 aromatic rings. The molecule has 2 N–H and O–H groups in total. The Morgan fingerprint density at radius 1 is 1.08 bits per heavy atom. The third-order valence-electron chi connectivity index (χ3n) is 2.61. The fraction of sp³-hybridized carbons (Fsp3) is 0.455. The van der Waals surface area contributed by atoms with Crippen LogP contribution in [-0.4, -0.2) is 19.1 Å². The van der Waals surface area contributed by atoms with Gasteiger partial charge in [0.2, 0.25) is 0 Å². The van der Waals surface area contributed by atoms with Crippen LogP contribution in [0.3, 0.4) is 0 Å². The highest BCUT2D eigenvalue weighted by molar-refractivity contribution is 5.20. The van der Waals surface area contributed by atoms with Crippen LogP contribution in [0.5, 0.6) is 0 Å². The van der Waals surface area contributed by atoms with E-state index in [1.165, 1.54) is 5.56 Å². The first-order valence-electron chi connectivity index (χ1n) is 4.89. The molecule has 2 atom stereocenters. The van der Waals surface area contributed by atoms with E-state index in [1.807, 2.05) is 0 Å². The average Bonchev–Trinajstić information content (AvgIpc) is 2.20. The van der Waals surface area contributed by atoms with Crippen LogP contribution in [0.25, 0.3) is 0 Å². The molecule has 0 aliphatic carbocycles. The maximum absolute atomic E-state index is 3.52. The first-order valence-corrected chi connectivity index (χ1v) is 4.89. The van der Waals surface area contributed by atoms with Crippen molar-refractivity contribution in [3.63, 3.8) is 0 Å². The Morgan fingerprint density at radius 3 is 2.46 bits per heavy atom. The quantitative estimate of drug-likeness (QED) is 0.674. The number of hydrogen-bond donors (Lipinski definition) is 2. The highest BCUT2D eigenvalue weighted by Gasteiger charge is 2.20. The van der Waals surface area contributed by atoms with E-state index in [-0.39, 0.29) is 0 Å². The Bertz CT molecular complexity index is 258. The van der Waals surface area contributed by atoms with E-state index in [2.05, 4.69) is 47.9 Å². The third kappa shape index (κ3) is 1.90. The highest BCUT2D eigenvalue weighted by atomic mass is 15.1. The molecule has 0 unspecified atom stereocenters. The van der Waals surface area contributed by atoms with Gasteiger partial charge < -0.3 is 10.6 Å². The summed E-state index contributed by atoms with van der Waals surface area (Å²) in [7, 11) is 0. The van der Waals surface area contributed by atoms with Crippen LogP contribution in [0.4, 0.5) is 0 Å². The summed E-state index contributed by atoms with van der Waals surface area (Å²) in [5.74, 6) is 0. The predicted molar refractivity (Wildman–Crippen MR) is 54.7 cm³/mol. The van der Waals surface area contributed by atoms with E-state index < -0.39 is 0 Å². The summed E-state index contributed by atoms with van der Waals surface area (Å²) in [6.45, 7) is 4.36. The van der Waals surface area contributed by atoms with Gasteiger partial charge in [-0.1, -0.05) is 30.3 Å². The van der Waals surface area contributed by atoms with Crippen LogP contribution >= 0.6 is 0 Å². The molecule has 2 nitrogen and oxygen atoms in total. The lowest BCUT2D eigenvalue weighted by molar-refractivity contribution is 0.345. The molecule has 0 aromatic heterocycles. The number of hydrogen-bond acceptors (Lipinski definition) is 2. The second kappa shape index (κ2) is 3.90. The molecule has 1 fully saturated rings. The Hall–Kier alpha value is -0.860. The number of benzene rings is 1. The van der Waals surface area contributed by atoms with Crippen molar-refractivity contribution in [1.29, 1.82) is 0 Å². The molecule has 0 spiro atoms. The van der Waals surface area contributed by atoms with Crippen LogP contribution in [-0.2, 0) is 0 Å². The van der Waals surface area contributed by atoms with Crippen molar-refractivity contribution < 1.29 is 0 Å². The van der Waals surface area contributed by atoms with Crippen molar-refractivity contribution in [2.75, 3.05) is 13.1 Å². The topological polar surface area (TPSA) is 24.1 Å². The molecule has 0 radical (unpaired) electrons. The Morgan fingerprint density at radius 2 is 1.77 bits per heavy atom. The van der Waals surface area contributed by atoms with Crippen molar-refractivity contribution in [3.8, 4) is 0 Å². The van der Waals surface area contributed by atoms with Crippen molar-refractivity contribution in [2.24, 2.45) is 0 Å². The molecule has 2 rings (SSSR count). The van der Waals surface area contributed by atoms with Crippen LogP contribution < -0.4 is 10.6 Å². The van der Waals surface area contributed by atoms with Crippen LogP contribution in [0.2, 0.25) is 0 Å². The van der Waals surface area contributed by atoms with Gasteiger partial charge in [-0.15, -0.1) is 0 Å². The van der Waals surface area contributed by atoms with E-state index in [9.17, 15) is 0 Å². The Kier molecular flexibility index (Phi) is 2.62. The highest BCUT2D eigenvalue weighted by Crippen LogP contribution is 2.17. The SMILES string of the molecule is C[C@H]1NCCN[C@@H]1c1ccccc1. The minimum absolute atomic E-state index is 0.468. The maximum Gasteiger partial charge on any atom is 0.0473 e. The average molecular weight is 176 g/mol. The second-order valence-electron chi connectivity index (χ2n) is 3.59. The molecule has 0 amide bonds. The summed E-state index contributed by atoms with van der Waals surface area (Å²) in [4.78, 5) is 0. The van der Waals surface area contributed by atoms with Gasteiger partial charge in [-0.25, -0.2) is 0 Å². The summed E-state index contributed by atoms with van der Waals surface area (Å²) >= 11 is 0. The number of nitrogens with one attached hydrogen (secondary N) is 2. The standard InChI is InChI=1S/C11H16N2/c1-9-11(13-8-7-12-9)10-5-3-2-4-6-10/h2-6,9,11-13H,7-8H2,1H3/t9-,11+/m1/s1. The molecule has 13 heavy (non-hydrogen) atoms. The maximum atomic E-state index is 3.52. The minimum atomic E-state index is 0.468. The number of piperazine rings is 1. The van der Waals surface area contributed by atoms with Crippen molar-refractivity contribution >= 4 is 0 Å². The van der Waals surface area contributed by atoms with E-state index in [4.69, 9.17) is 0 Å². The monoisotopic (exact) mass is 176 g/mol. The largest absolute Gasteiger partial charge is 0.311 e. The van der Waals surface area contributed by atoms with Crippen LogP contribution in [0.15, 0.2) is 30.3 Å². The number of rotatable bonds is 1. The lowest BCUT2D eigenvalue weighted by atomic mass is 9.99. The molecule has 1 heterocycles.